The zero-order chi connectivity index (χ0) is 18.7. The zero-order valence-corrected chi connectivity index (χ0v) is 13.9. The summed E-state index contributed by atoms with van der Waals surface area (Å²) in [5.41, 5.74) is 1.21. The van der Waals surface area contributed by atoms with Crippen molar-refractivity contribution in [2.75, 3.05) is 11.4 Å². The molecule has 2 aromatic rings. The molecule has 0 aliphatic carbocycles. The first-order valence-electron chi connectivity index (χ1n) is 8.16. The van der Waals surface area contributed by atoms with E-state index in [9.17, 15) is 18.8 Å². The van der Waals surface area contributed by atoms with E-state index in [1.807, 2.05) is 0 Å². The Kier molecular flexibility index (Phi) is 4.97. The fraction of sp³-hybridized carbons (Fsp3) is 0.211. The average molecular weight is 356 g/mol. The SMILES string of the molecule is O=C(O)c1ccc(CNC(=O)c2cc(N3CCCC3=O)ccc2F)cc1. The molecule has 2 aromatic carbocycles. The predicted octanol–water partition coefficient (Wildman–Crippen LogP) is 2.58. The molecule has 1 heterocycles. The minimum Gasteiger partial charge on any atom is -0.478 e. The third kappa shape index (κ3) is 3.72. The summed E-state index contributed by atoms with van der Waals surface area (Å²) in [4.78, 5) is 36.5. The Morgan fingerprint density at radius 3 is 2.50 bits per heavy atom. The third-order valence-corrected chi connectivity index (χ3v) is 4.23. The molecule has 7 heteroatoms. The lowest BCUT2D eigenvalue weighted by atomic mass is 10.1. The maximum Gasteiger partial charge on any atom is 0.335 e. The number of halogens is 1. The number of carbonyl (C=O) groups excluding carboxylic acids is 2. The van der Waals surface area contributed by atoms with Gasteiger partial charge < -0.3 is 15.3 Å². The van der Waals surface area contributed by atoms with Crippen LogP contribution in [-0.2, 0) is 11.3 Å². The Hall–Kier alpha value is -3.22. The van der Waals surface area contributed by atoms with Gasteiger partial charge in [-0.3, -0.25) is 9.59 Å². The van der Waals surface area contributed by atoms with Gasteiger partial charge in [-0.2, -0.15) is 0 Å². The van der Waals surface area contributed by atoms with Crippen molar-refractivity contribution in [1.82, 2.24) is 5.32 Å². The molecule has 6 nitrogen and oxygen atoms in total. The molecule has 26 heavy (non-hydrogen) atoms. The molecular formula is C19H17FN2O4. The van der Waals surface area contributed by atoms with Gasteiger partial charge in [0, 0.05) is 25.2 Å². The predicted molar refractivity (Wildman–Crippen MR) is 92.6 cm³/mol. The largest absolute Gasteiger partial charge is 0.478 e. The number of hydrogen-bond donors (Lipinski definition) is 2. The first-order chi connectivity index (χ1) is 12.5. The summed E-state index contributed by atoms with van der Waals surface area (Å²) in [5.74, 6) is -2.34. The van der Waals surface area contributed by atoms with Crippen LogP contribution in [0, 0.1) is 5.82 Å². The quantitative estimate of drug-likeness (QED) is 0.862. The highest BCUT2D eigenvalue weighted by atomic mass is 19.1. The smallest absolute Gasteiger partial charge is 0.335 e. The third-order valence-electron chi connectivity index (χ3n) is 4.23. The molecule has 0 atom stereocenters. The summed E-state index contributed by atoms with van der Waals surface area (Å²) >= 11 is 0. The van der Waals surface area contributed by atoms with E-state index >= 15 is 0 Å². The Morgan fingerprint density at radius 1 is 1.15 bits per heavy atom. The summed E-state index contributed by atoms with van der Waals surface area (Å²) in [6.45, 7) is 0.687. The monoisotopic (exact) mass is 356 g/mol. The summed E-state index contributed by atoms with van der Waals surface area (Å²) in [6.07, 6.45) is 1.19. The maximum absolute atomic E-state index is 14.0. The van der Waals surface area contributed by atoms with Gasteiger partial charge in [-0.05, 0) is 42.3 Å². The van der Waals surface area contributed by atoms with E-state index in [-0.39, 0.29) is 23.6 Å². The van der Waals surface area contributed by atoms with Crippen LogP contribution in [0.3, 0.4) is 0 Å². The van der Waals surface area contributed by atoms with Gasteiger partial charge in [0.05, 0.1) is 11.1 Å². The van der Waals surface area contributed by atoms with Crippen molar-refractivity contribution in [3.63, 3.8) is 0 Å². The van der Waals surface area contributed by atoms with Crippen LogP contribution in [0.15, 0.2) is 42.5 Å². The molecule has 0 radical (unpaired) electrons. The number of amides is 2. The van der Waals surface area contributed by atoms with E-state index < -0.39 is 17.7 Å². The number of carboxylic acids is 1. The molecule has 3 rings (SSSR count). The Balaban J connectivity index is 1.71. The maximum atomic E-state index is 14.0. The van der Waals surface area contributed by atoms with Gasteiger partial charge in [0.1, 0.15) is 5.82 Å². The van der Waals surface area contributed by atoms with Crippen LogP contribution in [-0.4, -0.2) is 29.4 Å². The van der Waals surface area contributed by atoms with E-state index in [4.69, 9.17) is 5.11 Å². The molecule has 0 unspecified atom stereocenters. The number of carboxylic acid groups (broad SMARTS) is 1. The molecule has 1 saturated heterocycles. The zero-order valence-electron chi connectivity index (χ0n) is 13.9. The molecule has 1 fully saturated rings. The molecule has 0 spiro atoms. The van der Waals surface area contributed by atoms with Crippen LogP contribution in [0.5, 0.6) is 0 Å². The van der Waals surface area contributed by atoms with E-state index in [1.165, 1.54) is 30.3 Å². The molecular weight excluding hydrogens is 339 g/mol. The van der Waals surface area contributed by atoms with Crippen molar-refractivity contribution >= 4 is 23.5 Å². The molecule has 2 N–H and O–H groups in total. The van der Waals surface area contributed by atoms with Crippen molar-refractivity contribution < 1.29 is 23.9 Å². The second kappa shape index (κ2) is 7.35. The van der Waals surface area contributed by atoms with Gasteiger partial charge >= 0.3 is 5.97 Å². The van der Waals surface area contributed by atoms with Gasteiger partial charge in [-0.1, -0.05) is 12.1 Å². The molecule has 0 aromatic heterocycles. The lowest BCUT2D eigenvalue weighted by molar-refractivity contribution is -0.117. The summed E-state index contributed by atoms with van der Waals surface area (Å²) in [6, 6.07) is 10.1. The average Bonchev–Trinajstić information content (AvgIpc) is 3.06. The van der Waals surface area contributed by atoms with Gasteiger partial charge in [-0.15, -0.1) is 0 Å². The van der Waals surface area contributed by atoms with Crippen molar-refractivity contribution in [3.8, 4) is 0 Å². The minimum atomic E-state index is -1.03. The lowest BCUT2D eigenvalue weighted by Gasteiger charge is -2.17. The molecule has 1 aliphatic heterocycles. The Bertz CT molecular complexity index is 864. The fourth-order valence-corrected chi connectivity index (χ4v) is 2.82. The highest BCUT2D eigenvalue weighted by molar-refractivity contribution is 5.99. The van der Waals surface area contributed by atoms with Crippen LogP contribution >= 0.6 is 0 Å². The molecule has 134 valence electrons. The normalized spacial score (nSPS) is 13.7. The Labute approximate surface area is 149 Å². The highest BCUT2D eigenvalue weighted by Crippen LogP contribution is 2.24. The van der Waals surface area contributed by atoms with E-state index in [0.717, 1.165) is 6.42 Å². The van der Waals surface area contributed by atoms with Gasteiger partial charge in [-0.25, -0.2) is 9.18 Å². The van der Waals surface area contributed by atoms with E-state index in [2.05, 4.69) is 5.32 Å². The van der Waals surface area contributed by atoms with Gasteiger partial charge in [0.2, 0.25) is 5.91 Å². The van der Waals surface area contributed by atoms with Crippen molar-refractivity contribution in [3.05, 3.63) is 65.0 Å². The number of aromatic carboxylic acids is 1. The first-order valence-corrected chi connectivity index (χ1v) is 8.16. The highest BCUT2D eigenvalue weighted by Gasteiger charge is 2.23. The van der Waals surface area contributed by atoms with E-state index in [0.29, 0.717) is 24.2 Å². The minimum absolute atomic E-state index is 0.0403. The molecule has 0 bridgehead atoms. The number of rotatable bonds is 5. The number of hydrogen-bond acceptors (Lipinski definition) is 3. The molecule has 1 aliphatic rings. The van der Waals surface area contributed by atoms with Gasteiger partial charge in [0.15, 0.2) is 0 Å². The van der Waals surface area contributed by atoms with Crippen LogP contribution in [0.4, 0.5) is 10.1 Å². The second-order valence-electron chi connectivity index (χ2n) is 6.00. The number of nitrogens with zero attached hydrogens (tertiary/aromatic N) is 1. The van der Waals surface area contributed by atoms with Crippen molar-refractivity contribution in [1.29, 1.82) is 0 Å². The number of carbonyl (C=O) groups is 3. The van der Waals surface area contributed by atoms with Crippen molar-refractivity contribution in [2.45, 2.75) is 19.4 Å². The van der Waals surface area contributed by atoms with Crippen LogP contribution in [0.2, 0.25) is 0 Å². The summed E-state index contributed by atoms with van der Waals surface area (Å²) in [5, 5.41) is 11.5. The summed E-state index contributed by atoms with van der Waals surface area (Å²) in [7, 11) is 0. The number of nitrogens with one attached hydrogen (secondary N) is 1. The van der Waals surface area contributed by atoms with Crippen LogP contribution in [0.25, 0.3) is 0 Å². The molecule has 2 amide bonds. The second-order valence-corrected chi connectivity index (χ2v) is 6.00. The number of anilines is 1. The first kappa shape index (κ1) is 17.6. The van der Waals surface area contributed by atoms with E-state index in [1.54, 1.807) is 17.0 Å². The topological polar surface area (TPSA) is 86.7 Å². The number of benzene rings is 2. The standard InChI is InChI=1S/C19H17FN2O4/c20-16-8-7-14(22-9-1-2-17(22)23)10-15(16)18(24)21-11-12-3-5-13(6-4-12)19(25)26/h3-8,10H,1-2,9,11H2,(H,21,24)(H,25,26). The van der Waals surface area contributed by atoms with Crippen LogP contribution in [0.1, 0.15) is 39.1 Å². The van der Waals surface area contributed by atoms with Gasteiger partial charge in [0.25, 0.3) is 5.91 Å². The molecule has 0 saturated carbocycles. The lowest BCUT2D eigenvalue weighted by Crippen LogP contribution is -2.26. The Morgan fingerprint density at radius 2 is 1.88 bits per heavy atom. The van der Waals surface area contributed by atoms with Crippen LogP contribution < -0.4 is 10.2 Å². The summed E-state index contributed by atoms with van der Waals surface area (Å²) < 4.78 is 14.0. The fourth-order valence-electron chi connectivity index (χ4n) is 2.82. The van der Waals surface area contributed by atoms with Crippen molar-refractivity contribution in [2.24, 2.45) is 0 Å².